The van der Waals surface area contributed by atoms with Crippen LogP contribution in [0.1, 0.15) is 11.1 Å². The lowest BCUT2D eigenvalue weighted by Crippen LogP contribution is -2.27. The van der Waals surface area contributed by atoms with Crippen molar-refractivity contribution in [3.05, 3.63) is 89.9 Å². The summed E-state index contributed by atoms with van der Waals surface area (Å²) in [6.07, 6.45) is 1.69. The van der Waals surface area contributed by atoms with Crippen LogP contribution in [0.25, 0.3) is 6.08 Å². The molecule has 0 aromatic heterocycles. The van der Waals surface area contributed by atoms with Crippen LogP contribution in [0.2, 0.25) is 15.1 Å². The Morgan fingerprint density at radius 3 is 2.57 bits per heavy atom. The van der Waals surface area contributed by atoms with Gasteiger partial charge in [0.1, 0.15) is 12.4 Å². The van der Waals surface area contributed by atoms with Crippen LogP contribution in [0, 0.1) is 5.82 Å². The van der Waals surface area contributed by atoms with Gasteiger partial charge in [-0.05, 0) is 70.0 Å². The molecule has 1 heterocycles. The van der Waals surface area contributed by atoms with Crippen LogP contribution in [0.3, 0.4) is 0 Å². The predicted molar refractivity (Wildman–Crippen MR) is 149 cm³/mol. The van der Waals surface area contributed by atoms with Gasteiger partial charge in [0.15, 0.2) is 15.8 Å². The Balaban J connectivity index is 1.59. The number of hydrogen-bond donors (Lipinski definition) is 0. The van der Waals surface area contributed by atoms with Gasteiger partial charge >= 0.3 is 0 Å². The number of carbonyl (C=O) groups excluding carboxylic acids is 1. The Morgan fingerprint density at radius 1 is 1.11 bits per heavy atom. The van der Waals surface area contributed by atoms with Gasteiger partial charge in [-0.15, -0.1) is 0 Å². The van der Waals surface area contributed by atoms with Crippen LogP contribution in [0.4, 0.5) is 10.1 Å². The molecule has 0 spiro atoms. The number of thioether (sulfide) groups is 1. The highest BCUT2D eigenvalue weighted by Gasteiger charge is 2.33. The van der Waals surface area contributed by atoms with E-state index in [-0.39, 0.29) is 17.5 Å². The summed E-state index contributed by atoms with van der Waals surface area (Å²) in [5.41, 5.74) is 1.84. The van der Waals surface area contributed by atoms with Crippen molar-refractivity contribution in [1.82, 2.24) is 0 Å². The maximum Gasteiger partial charge on any atom is 0.270 e. The maximum atomic E-state index is 13.5. The fourth-order valence-electron chi connectivity index (χ4n) is 3.22. The summed E-state index contributed by atoms with van der Waals surface area (Å²) in [6.45, 7) is 0.198. The Labute approximate surface area is 234 Å². The molecule has 0 unspecified atom stereocenters. The quantitative estimate of drug-likeness (QED) is 0.201. The lowest BCUT2D eigenvalue weighted by molar-refractivity contribution is -0.113. The molecular formula is C24H14BrCl3FNO3S2. The number of halogens is 5. The number of carbonyl (C=O) groups is 1. The predicted octanol–water partition coefficient (Wildman–Crippen LogP) is 8.54. The van der Waals surface area contributed by atoms with E-state index in [0.29, 0.717) is 46.5 Å². The molecule has 1 amide bonds. The largest absolute Gasteiger partial charge is 0.493 e. The van der Waals surface area contributed by atoms with Crippen LogP contribution >= 0.6 is 74.7 Å². The van der Waals surface area contributed by atoms with E-state index in [1.807, 2.05) is 0 Å². The molecule has 4 rings (SSSR count). The number of rotatable bonds is 6. The fourth-order valence-corrected chi connectivity index (χ4v) is 5.73. The molecule has 1 aliphatic rings. The van der Waals surface area contributed by atoms with Gasteiger partial charge in [-0.2, -0.15) is 0 Å². The first-order valence-corrected chi connectivity index (χ1v) is 13.0. The van der Waals surface area contributed by atoms with Crippen molar-refractivity contribution < 1.29 is 18.7 Å². The molecule has 180 valence electrons. The van der Waals surface area contributed by atoms with E-state index in [2.05, 4.69) is 15.9 Å². The molecule has 0 bridgehead atoms. The summed E-state index contributed by atoms with van der Waals surface area (Å²) in [5.74, 6) is 0.0186. The molecule has 11 heteroatoms. The van der Waals surface area contributed by atoms with Gasteiger partial charge in [-0.25, -0.2) is 4.39 Å². The third-order valence-electron chi connectivity index (χ3n) is 4.89. The highest BCUT2D eigenvalue weighted by atomic mass is 79.9. The molecule has 1 aliphatic heterocycles. The van der Waals surface area contributed by atoms with Crippen LogP contribution in [0.15, 0.2) is 57.9 Å². The summed E-state index contributed by atoms with van der Waals surface area (Å²) in [7, 11) is 1.52. The van der Waals surface area contributed by atoms with Gasteiger partial charge in [0, 0.05) is 15.6 Å². The van der Waals surface area contributed by atoms with Crippen molar-refractivity contribution in [3.8, 4) is 11.5 Å². The Morgan fingerprint density at radius 2 is 1.89 bits per heavy atom. The summed E-state index contributed by atoms with van der Waals surface area (Å²) in [5, 5.41) is 0.938. The second-order valence-corrected chi connectivity index (χ2v) is 11.0. The smallest absolute Gasteiger partial charge is 0.270 e. The lowest BCUT2D eigenvalue weighted by Gasteiger charge is -2.15. The Kier molecular flexibility index (Phi) is 8.30. The van der Waals surface area contributed by atoms with E-state index in [1.54, 1.807) is 36.4 Å². The molecule has 3 aromatic carbocycles. The molecule has 0 atom stereocenters. The van der Waals surface area contributed by atoms with Crippen molar-refractivity contribution >= 4 is 96.7 Å². The summed E-state index contributed by atoms with van der Waals surface area (Å²) in [6, 6.07) is 12.7. The molecule has 0 aliphatic carbocycles. The molecule has 4 nitrogen and oxygen atoms in total. The van der Waals surface area contributed by atoms with Crippen molar-refractivity contribution in [1.29, 1.82) is 0 Å². The topological polar surface area (TPSA) is 38.8 Å². The Bertz CT molecular complexity index is 1390. The zero-order chi connectivity index (χ0) is 25.3. The van der Waals surface area contributed by atoms with Crippen LogP contribution < -0.4 is 14.4 Å². The molecule has 1 saturated heterocycles. The average molecular weight is 634 g/mol. The third kappa shape index (κ3) is 5.79. The molecule has 0 radical (unpaired) electrons. The van der Waals surface area contributed by atoms with Crippen molar-refractivity contribution in [2.75, 3.05) is 12.0 Å². The number of anilines is 1. The van der Waals surface area contributed by atoms with Gasteiger partial charge in [0.2, 0.25) is 0 Å². The van der Waals surface area contributed by atoms with Gasteiger partial charge in [0.05, 0.1) is 27.2 Å². The van der Waals surface area contributed by atoms with Crippen LogP contribution in [-0.2, 0) is 11.4 Å². The lowest BCUT2D eigenvalue weighted by atomic mass is 10.1. The number of thiocarbonyl (C=S) groups is 1. The van der Waals surface area contributed by atoms with Gasteiger partial charge in [-0.3, -0.25) is 9.69 Å². The highest BCUT2D eigenvalue weighted by molar-refractivity contribution is 9.10. The second kappa shape index (κ2) is 11.1. The van der Waals surface area contributed by atoms with Crippen LogP contribution in [0.5, 0.6) is 11.5 Å². The first kappa shape index (κ1) is 26.3. The normalized spacial score (nSPS) is 14.7. The summed E-state index contributed by atoms with van der Waals surface area (Å²) in [4.78, 5) is 14.8. The van der Waals surface area contributed by atoms with Crippen molar-refractivity contribution in [2.24, 2.45) is 0 Å². The molecule has 0 saturated carbocycles. The number of benzene rings is 3. The first-order chi connectivity index (χ1) is 16.7. The van der Waals surface area contributed by atoms with Gasteiger partial charge in [-0.1, -0.05) is 64.8 Å². The minimum absolute atomic E-state index is 0.0929. The van der Waals surface area contributed by atoms with E-state index in [4.69, 9.17) is 56.5 Å². The third-order valence-corrected chi connectivity index (χ3v) is 7.66. The minimum Gasteiger partial charge on any atom is -0.493 e. The number of methoxy groups -OCH3 is 1. The monoisotopic (exact) mass is 631 g/mol. The minimum atomic E-state index is -0.575. The number of ether oxygens (including phenoxy) is 2. The van der Waals surface area contributed by atoms with Crippen molar-refractivity contribution in [3.63, 3.8) is 0 Å². The van der Waals surface area contributed by atoms with E-state index in [1.165, 1.54) is 30.2 Å². The molecule has 0 N–H and O–H groups in total. The standard InChI is InChI=1S/C24H14BrCl3FNO3S2/c1-32-20-7-12(6-16(25)22(20)33-11-13-2-3-14(26)9-17(13)27)8-21-23(31)30(24(34)35-21)15-4-5-19(29)18(28)10-15/h2-10H,11H2,1H3/b21-8+. The number of hydrogen-bond acceptors (Lipinski definition) is 5. The van der Waals surface area contributed by atoms with E-state index in [0.717, 1.165) is 17.3 Å². The average Bonchev–Trinajstić information content (AvgIpc) is 3.08. The number of nitrogens with zero attached hydrogens (tertiary/aromatic N) is 1. The highest BCUT2D eigenvalue weighted by Crippen LogP contribution is 2.41. The molecule has 1 fully saturated rings. The van der Waals surface area contributed by atoms with E-state index in [9.17, 15) is 9.18 Å². The van der Waals surface area contributed by atoms with Gasteiger partial charge < -0.3 is 9.47 Å². The molecule has 35 heavy (non-hydrogen) atoms. The summed E-state index contributed by atoms with van der Waals surface area (Å²) < 4.78 is 26.0. The van der Waals surface area contributed by atoms with Gasteiger partial charge in [0.25, 0.3) is 5.91 Å². The van der Waals surface area contributed by atoms with E-state index < -0.39 is 5.82 Å². The number of amides is 1. The summed E-state index contributed by atoms with van der Waals surface area (Å²) >= 11 is 28.1. The zero-order valence-corrected chi connectivity index (χ0v) is 23.3. The van der Waals surface area contributed by atoms with Crippen molar-refractivity contribution in [2.45, 2.75) is 6.61 Å². The molecule has 3 aromatic rings. The molecular weight excluding hydrogens is 620 g/mol. The van der Waals surface area contributed by atoms with Crippen LogP contribution in [-0.4, -0.2) is 17.3 Å². The van der Waals surface area contributed by atoms with E-state index >= 15 is 0 Å². The second-order valence-electron chi connectivity index (χ2n) is 7.17. The maximum absolute atomic E-state index is 13.5. The first-order valence-electron chi connectivity index (χ1n) is 9.85. The SMILES string of the molecule is COc1cc(/C=C2/SC(=S)N(c3ccc(F)c(Cl)c3)C2=O)cc(Br)c1OCc1ccc(Cl)cc1Cl. The Hall–Kier alpha value is -1.81. The fraction of sp³-hybridized carbons (Fsp3) is 0.0833. The zero-order valence-electron chi connectivity index (χ0n) is 17.8.